The fourth-order valence-corrected chi connectivity index (χ4v) is 2.26. The summed E-state index contributed by atoms with van der Waals surface area (Å²) in [4.78, 5) is 0. The molecule has 2 aromatic carbocycles. The van der Waals surface area contributed by atoms with Gasteiger partial charge in [0.25, 0.3) is 0 Å². The summed E-state index contributed by atoms with van der Waals surface area (Å²) >= 11 is 3.09. The molecule has 20 heavy (non-hydrogen) atoms. The Morgan fingerprint density at radius 2 is 1.55 bits per heavy atom. The lowest BCUT2D eigenvalue weighted by molar-refractivity contribution is 0.503. The van der Waals surface area contributed by atoms with Gasteiger partial charge in [0.15, 0.2) is 11.6 Å². The van der Waals surface area contributed by atoms with Gasteiger partial charge in [-0.25, -0.2) is 13.2 Å². The van der Waals surface area contributed by atoms with E-state index in [4.69, 9.17) is 0 Å². The summed E-state index contributed by atoms with van der Waals surface area (Å²) in [7, 11) is 0. The summed E-state index contributed by atoms with van der Waals surface area (Å²) in [6.45, 7) is 2.50. The zero-order valence-electron chi connectivity index (χ0n) is 10.8. The predicted molar refractivity (Wildman–Crippen MR) is 76.0 cm³/mol. The average Bonchev–Trinajstić information content (AvgIpc) is 2.43. The Morgan fingerprint density at radius 3 is 2.10 bits per heavy atom. The molecule has 2 rings (SSSR count). The molecule has 0 bridgehead atoms. The van der Waals surface area contributed by atoms with Crippen LogP contribution in [0.3, 0.4) is 0 Å². The molecule has 0 spiro atoms. The smallest absolute Gasteiger partial charge is 0.159 e. The highest BCUT2D eigenvalue weighted by Crippen LogP contribution is 2.26. The largest absolute Gasteiger partial charge is 0.307 e. The summed E-state index contributed by atoms with van der Waals surface area (Å²) in [6, 6.07) is 8.01. The van der Waals surface area contributed by atoms with E-state index >= 15 is 0 Å². The molecule has 0 heterocycles. The molecule has 0 amide bonds. The van der Waals surface area contributed by atoms with Gasteiger partial charge in [0.2, 0.25) is 0 Å². The van der Waals surface area contributed by atoms with Crippen molar-refractivity contribution in [3.8, 4) is 0 Å². The Labute approximate surface area is 123 Å². The van der Waals surface area contributed by atoms with Gasteiger partial charge in [-0.3, -0.25) is 0 Å². The maximum absolute atomic E-state index is 13.6. The Hall–Kier alpha value is -1.33. The first kappa shape index (κ1) is 15.1. The Kier molecular flexibility index (Phi) is 4.83. The molecular weight excluding hydrogens is 331 g/mol. The van der Waals surface area contributed by atoms with Gasteiger partial charge < -0.3 is 5.32 Å². The van der Waals surface area contributed by atoms with Gasteiger partial charge in [0.05, 0.1) is 10.5 Å². The molecule has 1 atom stereocenters. The highest BCUT2D eigenvalue weighted by atomic mass is 79.9. The number of benzene rings is 2. The highest BCUT2D eigenvalue weighted by molar-refractivity contribution is 9.10. The summed E-state index contributed by atoms with van der Waals surface area (Å²) in [6.07, 6.45) is 0. The summed E-state index contributed by atoms with van der Waals surface area (Å²) in [5.74, 6) is -2.21. The first-order valence-corrected chi connectivity index (χ1v) is 6.95. The van der Waals surface area contributed by atoms with Gasteiger partial charge in [-0.1, -0.05) is 19.1 Å². The van der Waals surface area contributed by atoms with Crippen molar-refractivity contribution in [3.05, 3.63) is 69.4 Å². The third kappa shape index (κ3) is 3.22. The van der Waals surface area contributed by atoms with Crippen LogP contribution < -0.4 is 5.32 Å². The quantitative estimate of drug-likeness (QED) is 0.857. The van der Waals surface area contributed by atoms with Crippen LogP contribution in [0.4, 0.5) is 13.2 Å². The van der Waals surface area contributed by atoms with Crippen molar-refractivity contribution in [2.24, 2.45) is 0 Å². The molecule has 0 aromatic heterocycles. The lowest BCUT2D eigenvalue weighted by atomic mass is 9.98. The first-order chi connectivity index (χ1) is 9.52. The summed E-state index contributed by atoms with van der Waals surface area (Å²) < 4.78 is 40.4. The molecule has 0 radical (unpaired) electrons. The zero-order chi connectivity index (χ0) is 14.7. The number of nitrogens with one attached hydrogen (secondary N) is 1. The van der Waals surface area contributed by atoms with Crippen molar-refractivity contribution in [1.82, 2.24) is 5.32 Å². The van der Waals surface area contributed by atoms with E-state index in [1.807, 2.05) is 6.92 Å². The van der Waals surface area contributed by atoms with Crippen molar-refractivity contribution in [3.63, 3.8) is 0 Å². The molecule has 0 aliphatic carbocycles. The third-order valence-electron chi connectivity index (χ3n) is 2.96. The summed E-state index contributed by atoms with van der Waals surface area (Å²) in [5, 5.41) is 3.14. The van der Waals surface area contributed by atoms with Crippen LogP contribution in [0.5, 0.6) is 0 Å². The second-order valence-corrected chi connectivity index (χ2v) is 5.19. The molecule has 2 aromatic rings. The minimum absolute atomic E-state index is 0.363. The predicted octanol–water partition coefficient (Wildman–Crippen LogP) is 4.57. The molecule has 0 saturated heterocycles. The Balaban J connectivity index is 2.44. The van der Waals surface area contributed by atoms with Crippen LogP contribution in [0.15, 0.2) is 40.9 Å². The van der Waals surface area contributed by atoms with Gasteiger partial charge >= 0.3 is 0 Å². The second kappa shape index (κ2) is 6.41. The fraction of sp³-hybridized carbons (Fsp3) is 0.200. The van der Waals surface area contributed by atoms with Gasteiger partial charge in [-0.05, 0) is 57.9 Å². The third-order valence-corrected chi connectivity index (χ3v) is 3.61. The van der Waals surface area contributed by atoms with Crippen molar-refractivity contribution in [2.45, 2.75) is 13.0 Å². The van der Waals surface area contributed by atoms with E-state index in [-0.39, 0.29) is 0 Å². The average molecular weight is 344 g/mol. The lowest BCUT2D eigenvalue weighted by Crippen LogP contribution is -2.22. The number of halogens is 4. The van der Waals surface area contributed by atoms with Crippen LogP contribution >= 0.6 is 15.9 Å². The monoisotopic (exact) mass is 343 g/mol. The molecule has 106 valence electrons. The number of hydrogen-bond acceptors (Lipinski definition) is 1. The minimum Gasteiger partial charge on any atom is -0.307 e. The minimum atomic E-state index is -0.914. The molecule has 1 N–H and O–H groups in total. The molecule has 0 aliphatic rings. The Morgan fingerprint density at radius 1 is 0.950 bits per heavy atom. The van der Waals surface area contributed by atoms with Crippen LogP contribution in [0.2, 0.25) is 0 Å². The molecule has 0 saturated carbocycles. The van der Waals surface area contributed by atoms with Crippen LogP contribution in [0.25, 0.3) is 0 Å². The normalized spacial score (nSPS) is 12.4. The van der Waals surface area contributed by atoms with E-state index < -0.39 is 23.5 Å². The van der Waals surface area contributed by atoms with Crippen LogP contribution in [-0.4, -0.2) is 6.54 Å². The van der Waals surface area contributed by atoms with Crippen LogP contribution in [0.1, 0.15) is 24.1 Å². The maximum atomic E-state index is 13.6. The molecular formula is C15H13BrF3N. The highest BCUT2D eigenvalue weighted by Gasteiger charge is 2.16. The number of rotatable bonds is 4. The van der Waals surface area contributed by atoms with Crippen LogP contribution in [0, 0.1) is 17.5 Å². The molecule has 0 aliphatic heterocycles. The molecule has 1 unspecified atom stereocenters. The standard InChI is InChI=1S/C15H13BrF3N/c1-2-20-15(9-3-5-11(16)13(18)7-9)10-4-6-12(17)14(19)8-10/h3-8,15,20H,2H2,1H3. The first-order valence-electron chi connectivity index (χ1n) is 6.16. The van der Waals surface area contributed by atoms with Crippen molar-refractivity contribution >= 4 is 15.9 Å². The van der Waals surface area contributed by atoms with E-state index in [0.717, 1.165) is 12.1 Å². The van der Waals surface area contributed by atoms with E-state index in [9.17, 15) is 13.2 Å². The van der Waals surface area contributed by atoms with E-state index in [2.05, 4.69) is 21.2 Å². The Bertz CT molecular complexity index is 565. The maximum Gasteiger partial charge on any atom is 0.159 e. The summed E-state index contributed by atoms with van der Waals surface area (Å²) in [5.41, 5.74) is 1.20. The fourth-order valence-electron chi connectivity index (χ4n) is 2.02. The van der Waals surface area contributed by atoms with E-state index in [0.29, 0.717) is 22.1 Å². The van der Waals surface area contributed by atoms with Gasteiger partial charge in [-0.15, -0.1) is 0 Å². The zero-order valence-corrected chi connectivity index (χ0v) is 12.3. The topological polar surface area (TPSA) is 12.0 Å². The van der Waals surface area contributed by atoms with Gasteiger partial charge in [-0.2, -0.15) is 0 Å². The van der Waals surface area contributed by atoms with Gasteiger partial charge in [0, 0.05) is 0 Å². The van der Waals surface area contributed by atoms with Crippen molar-refractivity contribution in [1.29, 1.82) is 0 Å². The van der Waals surface area contributed by atoms with Gasteiger partial charge in [0.1, 0.15) is 5.82 Å². The van der Waals surface area contributed by atoms with Crippen molar-refractivity contribution in [2.75, 3.05) is 6.54 Å². The van der Waals surface area contributed by atoms with Crippen LogP contribution in [-0.2, 0) is 0 Å². The lowest BCUT2D eigenvalue weighted by Gasteiger charge is -2.19. The molecule has 5 heteroatoms. The van der Waals surface area contributed by atoms with E-state index in [1.165, 1.54) is 12.1 Å². The number of hydrogen-bond donors (Lipinski definition) is 1. The SMILES string of the molecule is CCNC(c1ccc(F)c(F)c1)c1ccc(Br)c(F)c1. The van der Waals surface area contributed by atoms with E-state index in [1.54, 1.807) is 12.1 Å². The van der Waals surface area contributed by atoms with Crippen molar-refractivity contribution < 1.29 is 13.2 Å². The molecule has 0 fully saturated rings. The second-order valence-electron chi connectivity index (χ2n) is 4.34. The molecule has 1 nitrogen and oxygen atoms in total.